The molecule has 1 aliphatic heterocycles. The first-order valence-corrected chi connectivity index (χ1v) is 6.41. The van der Waals surface area contributed by atoms with E-state index in [1.165, 1.54) is 0 Å². The number of rotatable bonds is 2. The van der Waals surface area contributed by atoms with Crippen LogP contribution >= 0.6 is 0 Å². The molecular weight excluding hydrogens is 228 g/mol. The highest BCUT2D eigenvalue weighted by Gasteiger charge is 2.16. The van der Waals surface area contributed by atoms with Gasteiger partial charge in [0.05, 0.1) is 0 Å². The number of benzene rings is 1. The second-order valence-electron chi connectivity index (χ2n) is 4.81. The number of amides is 1. The molecule has 0 spiro atoms. The zero-order valence-corrected chi connectivity index (χ0v) is 10.8. The number of nitrogens with zero attached hydrogens (tertiary/aromatic N) is 2. The van der Waals surface area contributed by atoms with Gasteiger partial charge >= 0.3 is 0 Å². The summed E-state index contributed by atoms with van der Waals surface area (Å²) >= 11 is 0. The van der Waals surface area contributed by atoms with Gasteiger partial charge in [-0.2, -0.15) is 0 Å². The molecule has 2 rings (SSSR count). The molecule has 0 radical (unpaired) electrons. The number of hydrogen-bond donors (Lipinski definition) is 1. The summed E-state index contributed by atoms with van der Waals surface area (Å²) in [5.74, 6) is 0.474. The van der Waals surface area contributed by atoms with Crippen molar-refractivity contribution >= 4 is 5.91 Å². The van der Waals surface area contributed by atoms with Crippen molar-refractivity contribution < 1.29 is 9.90 Å². The minimum atomic E-state index is 0.161. The Morgan fingerprint density at radius 3 is 2.83 bits per heavy atom. The Morgan fingerprint density at radius 2 is 2.11 bits per heavy atom. The Kier molecular flexibility index (Phi) is 4.20. The van der Waals surface area contributed by atoms with Gasteiger partial charge in [-0.15, -0.1) is 0 Å². The van der Waals surface area contributed by atoms with E-state index in [0.29, 0.717) is 5.75 Å². The molecule has 1 N–H and O–H groups in total. The lowest BCUT2D eigenvalue weighted by Gasteiger charge is -2.21. The number of phenols is 1. The maximum atomic E-state index is 11.3. The Morgan fingerprint density at radius 1 is 1.28 bits per heavy atom. The maximum absolute atomic E-state index is 11.3. The Hall–Kier alpha value is -1.55. The third kappa shape index (κ3) is 3.47. The molecule has 1 saturated heterocycles. The summed E-state index contributed by atoms with van der Waals surface area (Å²) in [4.78, 5) is 15.6. The third-order valence-electron chi connectivity index (χ3n) is 3.35. The molecule has 1 amide bonds. The van der Waals surface area contributed by atoms with Crippen LogP contribution in [0.15, 0.2) is 24.3 Å². The molecule has 98 valence electrons. The van der Waals surface area contributed by atoms with Gasteiger partial charge in [0, 0.05) is 39.6 Å². The van der Waals surface area contributed by atoms with Crippen LogP contribution < -0.4 is 0 Å². The van der Waals surface area contributed by atoms with Crippen molar-refractivity contribution in [2.24, 2.45) is 0 Å². The first kappa shape index (κ1) is 12.9. The SMILES string of the molecule is CC(=O)N1CCCN(Cc2cccc(O)c2)CC1. The molecule has 0 aliphatic carbocycles. The second-order valence-corrected chi connectivity index (χ2v) is 4.81. The van der Waals surface area contributed by atoms with Gasteiger partial charge in [0.15, 0.2) is 0 Å². The van der Waals surface area contributed by atoms with E-state index in [0.717, 1.165) is 44.7 Å². The van der Waals surface area contributed by atoms with Crippen LogP contribution in [0.3, 0.4) is 0 Å². The number of carbonyl (C=O) groups excluding carboxylic acids is 1. The lowest BCUT2D eigenvalue weighted by molar-refractivity contribution is -0.128. The van der Waals surface area contributed by atoms with E-state index in [4.69, 9.17) is 0 Å². The predicted octanol–water partition coefficient (Wildman–Crippen LogP) is 1.45. The lowest BCUT2D eigenvalue weighted by atomic mass is 10.2. The number of carbonyl (C=O) groups is 1. The largest absolute Gasteiger partial charge is 0.508 e. The van der Waals surface area contributed by atoms with Gasteiger partial charge in [-0.05, 0) is 24.1 Å². The fraction of sp³-hybridized carbons (Fsp3) is 0.500. The standard InChI is InChI=1S/C14H20N2O2/c1-12(17)16-7-3-6-15(8-9-16)11-13-4-2-5-14(18)10-13/h2,4-5,10,18H,3,6-9,11H2,1H3. The van der Waals surface area contributed by atoms with Gasteiger partial charge in [0.1, 0.15) is 5.75 Å². The molecule has 1 aromatic carbocycles. The Bertz CT molecular complexity index is 420. The van der Waals surface area contributed by atoms with Crippen LogP contribution in [0.2, 0.25) is 0 Å². The van der Waals surface area contributed by atoms with E-state index in [1.54, 1.807) is 19.1 Å². The van der Waals surface area contributed by atoms with Crippen LogP contribution in [-0.4, -0.2) is 47.0 Å². The van der Waals surface area contributed by atoms with Gasteiger partial charge in [0.25, 0.3) is 0 Å². The molecule has 18 heavy (non-hydrogen) atoms. The van der Waals surface area contributed by atoms with Gasteiger partial charge in [-0.3, -0.25) is 9.69 Å². The zero-order chi connectivity index (χ0) is 13.0. The van der Waals surface area contributed by atoms with Crippen molar-refractivity contribution in [2.45, 2.75) is 19.9 Å². The van der Waals surface area contributed by atoms with Crippen LogP contribution in [0.25, 0.3) is 0 Å². The van der Waals surface area contributed by atoms with Gasteiger partial charge < -0.3 is 10.0 Å². The molecule has 0 bridgehead atoms. The third-order valence-corrected chi connectivity index (χ3v) is 3.35. The molecule has 4 heteroatoms. The van der Waals surface area contributed by atoms with E-state index < -0.39 is 0 Å². The van der Waals surface area contributed by atoms with Crippen molar-refractivity contribution in [3.63, 3.8) is 0 Å². The van der Waals surface area contributed by atoms with E-state index >= 15 is 0 Å². The van der Waals surface area contributed by atoms with Crippen molar-refractivity contribution in [3.8, 4) is 5.75 Å². The molecule has 1 aliphatic rings. The first-order valence-electron chi connectivity index (χ1n) is 6.41. The Balaban J connectivity index is 1.92. The molecule has 0 unspecified atom stereocenters. The lowest BCUT2D eigenvalue weighted by Crippen LogP contribution is -2.33. The maximum Gasteiger partial charge on any atom is 0.219 e. The molecule has 1 aromatic rings. The highest BCUT2D eigenvalue weighted by Crippen LogP contribution is 2.14. The van der Waals surface area contributed by atoms with E-state index in [1.807, 2.05) is 17.0 Å². The quantitative estimate of drug-likeness (QED) is 0.861. The number of hydrogen-bond acceptors (Lipinski definition) is 3. The van der Waals surface area contributed by atoms with Crippen LogP contribution in [0.5, 0.6) is 5.75 Å². The summed E-state index contributed by atoms with van der Waals surface area (Å²) in [6.07, 6.45) is 1.01. The van der Waals surface area contributed by atoms with Crippen molar-refractivity contribution in [1.29, 1.82) is 0 Å². The fourth-order valence-electron chi connectivity index (χ4n) is 2.36. The van der Waals surface area contributed by atoms with E-state index in [9.17, 15) is 9.90 Å². The second kappa shape index (κ2) is 5.87. The van der Waals surface area contributed by atoms with E-state index in [2.05, 4.69) is 4.90 Å². The van der Waals surface area contributed by atoms with Gasteiger partial charge in [0.2, 0.25) is 5.91 Å². The zero-order valence-electron chi connectivity index (χ0n) is 10.8. The molecule has 0 saturated carbocycles. The summed E-state index contributed by atoms with van der Waals surface area (Å²) in [7, 11) is 0. The first-order chi connectivity index (χ1) is 8.65. The highest BCUT2D eigenvalue weighted by molar-refractivity contribution is 5.73. The molecule has 4 nitrogen and oxygen atoms in total. The minimum absolute atomic E-state index is 0.161. The van der Waals surface area contributed by atoms with Crippen LogP contribution in [0.1, 0.15) is 18.9 Å². The van der Waals surface area contributed by atoms with Crippen LogP contribution in [-0.2, 0) is 11.3 Å². The molecule has 1 fully saturated rings. The van der Waals surface area contributed by atoms with Crippen LogP contribution in [0.4, 0.5) is 0 Å². The van der Waals surface area contributed by atoms with Crippen LogP contribution in [0, 0.1) is 0 Å². The van der Waals surface area contributed by atoms with Gasteiger partial charge in [-0.1, -0.05) is 12.1 Å². The summed E-state index contributed by atoms with van der Waals surface area (Å²) in [5, 5.41) is 9.44. The molecule has 0 aromatic heterocycles. The predicted molar refractivity (Wildman–Crippen MR) is 70.3 cm³/mol. The average molecular weight is 248 g/mol. The van der Waals surface area contributed by atoms with Crippen molar-refractivity contribution in [1.82, 2.24) is 9.80 Å². The normalized spacial score (nSPS) is 17.5. The van der Waals surface area contributed by atoms with Crippen molar-refractivity contribution in [3.05, 3.63) is 29.8 Å². The van der Waals surface area contributed by atoms with Gasteiger partial charge in [-0.25, -0.2) is 0 Å². The summed E-state index contributed by atoms with van der Waals surface area (Å²) in [6.45, 7) is 6.01. The van der Waals surface area contributed by atoms with E-state index in [-0.39, 0.29) is 5.91 Å². The monoisotopic (exact) mass is 248 g/mol. The minimum Gasteiger partial charge on any atom is -0.508 e. The smallest absolute Gasteiger partial charge is 0.219 e. The molecule has 1 heterocycles. The summed E-state index contributed by atoms with van der Waals surface area (Å²) in [6, 6.07) is 7.37. The fourth-order valence-corrected chi connectivity index (χ4v) is 2.36. The van der Waals surface area contributed by atoms with Crippen molar-refractivity contribution in [2.75, 3.05) is 26.2 Å². The Labute approximate surface area is 108 Å². The number of phenolic OH excluding ortho intramolecular Hbond substituents is 1. The molecule has 0 atom stereocenters. The summed E-state index contributed by atoms with van der Waals surface area (Å²) < 4.78 is 0. The average Bonchev–Trinajstić information content (AvgIpc) is 2.55. The molecular formula is C14H20N2O2. The highest BCUT2D eigenvalue weighted by atomic mass is 16.3. The summed E-state index contributed by atoms with van der Waals surface area (Å²) in [5.41, 5.74) is 1.12. The topological polar surface area (TPSA) is 43.8 Å². The number of aromatic hydroxyl groups is 1.